The van der Waals surface area contributed by atoms with Gasteiger partial charge in [-0.25, -0.2) is 12.8 Å². The van der Waals surface area contributed by atoms with Crippen molar-refractivity contribution in [3.8, 4) is 0 Å². The van der Waals surface area contributed by atoms with E-state index in [1.807, 2.05) is 0 Å². The van der Waals surface area contributed by atoms with E-state index >= 15 is 0 Å². The number of sulfonamides is 1. The molecule has 0 heterocycles. The second kappa shape index (κ2) is 10.1. The number of benzene rings is 2. The summed E-state index contributed by atoms with van der Waals surface area (Å²) < 4.78 is 39.0. The summed E-state index contributed by atoms with van der Waals surface area (Å²) in [6.07, 6.45) is 6.15. The van der Waals surface area contributed by atoms with Gasteiger partial charge in [-0.05, 0) is 56.2 Å². The maximum absolute atomic E-state index is 13.3. The van der Waals surface area contributed by atoms with Gasteiger partial charge < -0.3 is 10.6 Å². The van der Waals surface area contributed by atoms with Gasteiger partial charge in [0, 0.05) is 6.04 Å². The molecule has 7 nitrogen and oxygen atoms in total. The molecule has 1 saturated carbocycles. The average molecular weight is 462 g/mol. The van der Waals surface area contributed by atoms with Gasteiger partial charge in [-0.3, -0.25) is 13.9 Å². The standard InChI is InChI=1S/C23H28FN3O4S/c1-16(27(32(2,30)31)19-14-12-17(24)13-15-19)22(28)26-21-11-7-6-10-20(21)23(29)25-18-8-4-3-5-9-18/h6-7,10-16,18H,3-5,8-9H2,1-2H3,(H,25,29)(H,26,28)/t16-/m1/s1. The monoisotopic (exact) mass is 461 g/mol. The lowest BCUT2D eigenvalue weighted by Crippen LogP contribution is -2.45. The second-order valence-electron chi connectivity index (χ2n) is 8.05. The molecule has 2 N–H and O–H groups in total. The van der Waals surface area contributed by atoms with Crippen LogP contribution in [0.5, 0.6) is 0 Å². The minimum absolute atomic E-state index is 0.109. The van der Waals surface area contributed by atoms with Gasteiger partial charge in [0.15, 0.2) is 0 Å². The molecule has 0 unspecified atom stereocenters. The van der Waals surface area contributed by atoms with Crippen LogP contribution < -0.4 is 14.9 Å². The molecule has 1 aliphatic carbocycles. The van der Waals surface area contributed by atoms with Crippen molar-refractivity contribution < 1.29 is 22.4 Å². The lowest BCUT2D eigenvalue weighted by atomic mass is 9.95. The Morgan fingerprint density at radius 1 is 1.03 bits per heavy atom. The van der Waals surface area contributed by atoms with Crippen LogP contribution in [-0.2, 0) is 14.8 Å². The quantitative estimate of drug-likeness (QED) is 0.658. The van der Waals surface area contributed by atoms with Gasteiger partial charge in [0.1, 0.15) is 11.9 Å². The van der Waals surface area contributed by atoms with Crippen molar-refractivity contribution >= 4 is 33.2 Å². The van der Waals surface area contributed by atoms with E-state index < -0.39 is 27.8 Å². The molecule has 0 saturated heterocycles. The van der Waals surface area contributed by atoms with E-state index in [0.717, 1.165) is 48.4 Å². The topological polar surface area (TPSA) is 95.6 Å². The van der Waals surface area contributed by atoms with Crippen LogP contribution in [0.15, 0.2) is 48.5 Å². The zero-order valence-corrected chi connectivity index (χ0v) is 19.0. The van der Waals surface area contributed by atoms with Crippen LogP contribution in [0, 0.1) is 5.82 Å². The zero-order valence-electron chi connectivity index (χ0n) is 18.2. The lowest BCUT2D eigenvalue weighted by Gasteiger charge is -2.28. The van der Waals surface area contributed by atoms with E-state index in [4.69, 9.17) is 0 Å². The molecular formula is C23H28FN3O4S. The lowest BCUT2D eigenvalue weighted by molar-refractivity contribution is -0.116. The summed E-state index contributed by atoms with van der Waals surface area (Å²) in [5.74, 6) is -1.41. The van der Waals surface area contributed by atoms with Crippen LogP contribution in [0.25, 0.3) is 0 Å². The van der Waals surface area contributed by atoms with Crippen molar-refractivity contribution in [2.45, 2.75) is 51.1 Å². The second-order valence-corrected chi connectivity index (χ2v) is 9.91. The minimum atomic E-state index is -3.84. The predicted molar refractivity (Wildman–Crippen MR) is 123 cm³/mol. The number of hydrogen-bond acceptors (Lipinski definition) is 4. The van der Waals surface area contributed by atoms with E-state index in [9.17, 15) is 22.4 Å². The highest BCUT2D eigenvalue weighted by molar-refractivity contribution is 7.92. The Balaban J connectivity index is 1.79. The first-order valence-corrected chi connectivity index (χ1v) is 12.5. The molecule has 2 aromatic rings. The van der Waals surface area contributed by atoms with Crippen LogP contribution in [0.3, 0.4) is 0 Å². The predicted octanol–water partition coefficient (Wildman–Crippen LogP) is 3.68. The fourth-order valence-electron chi connectivity index (χ4n) is 3.93. The molecule has 2 aromatic carbocycles. The molecule has 0 bridgehead atoms. The van der Waals surface area contributed by atoms with E-state index in [1.165, 1.54) is 25.5 Å². The summed E-state index contributed by atoms with van der Waals surface area (Å²) in [5, 5.41) is 5.71. The highest BCUT2D eigenvalue weighted by atomic mass is 32.2. The third-order valence-electron chi connectivity index (χ3n) is 5.54. The van der Waals surface area contributed by atoms with Crippen molar-refractivity contribution in [2.24, 2.45) is 0 Å². The van der Waals surface area contributed by atoms with Crippen LogP contribution in [0.1, 0.15) is 49.4 Å². The molecule has 0 radical (unpaired) electrons. The van der Waals surface area contributed by atoms with Gasteiger partial charge in [-0.1, -0.05) is 31.4 Å². The number of hydrogen-bond donors (Lipinski definition) is 2. The average Bonchev–Trinajstić information content (AvgIpc) is 2.75. The Labute approximate surface area is 188 Å². The van der Waals surface area contributed by atoms with Gasteiger partial charge in [0.25, 0.3) is 5.91 Å². The summed E-state index contributed by atoms with van der Waals surface area (Å²) in [6, 6.07) is 10.4. The minimum Gasteiger partial charge on any atom is -0.349 e. The summed E-state index contributed by atoms with van der Waals surface area (Å²) >= 11 is 0. The van der Waals surface area contributed by atoms with Gasteiger partial charge in [0.05, 0.1) is 23.2 Å². The highest BCUT2D eigenvalue weighted by Gasteiger charge is 2.30. The zero-order chi connectivity index (χ0) is 23.3. The number of carbonyl (C=O) groups excluding carboxylic acids is 2. The maximum atomic E-state index is 13.3. The molecule has 0 aromatic heterocycles. The molecule has 3 rings (SSSR count). The molecule has 1 aliphatic rings. The molecule has 172 valence electrons. The molecule has 0 aliphatic heterocycles. The molecular weight excluding hydrogens is 433 g/mol. The van der Waals surface area contributed by atoms with Gasteiger partial charge >= 0.3 is 0 Å². The number of para-hydroxylation sites is 1. The van der Waals surface area contributed by atoms with Crippen LogP contribution in [0.4, 0.5) is 15.8 Å². The first kappa shape index (κ1) is 23.7. The Bertz CT molecular complexity index is 1070. The Hall–Kier alpha value is -2.94. The summed E-state index contributed by atoms with van der Waals surface area (Å²) in [4.78, 5) is 25.8. The number of nitrogens with zero attached hydrogens (tertiary/aromatic N) is 1. The highest BCUT2D eigenvalue weighted by Crippen LogP contribution is 2.24. The first-order chi connectivity index (χ1) is 15.2. The number of carbonyl (C=O) groups is 2. The fourth-order valence-corrected chi connectivity index (χ4v) is 5.11. The number of anilines is 2. The normalized spacial score (nSPS) is 15.6. The Morgan fingerprint density at radius 3 is 2.28 bits per heavy atom. The van der Waals surface area contributed by atoms with Crippen molar-refractivity contribution in [3.05, 3.63) is 59.9 Å². The van der Waals surface area contributed by atoms with Crippen LogP contribution >= 0.6 is 0 Å². The first-order valence-electron chi connectivity index (χ1n) is 10.6. The Kier molecular flexibility index (Phi) is 7.50. The summed E-state index contributed by atoms with van der Waals surface area (Å²) in [7, 11) is -3.84. The number of halogens is 1. The van der Waals surface area contributed by atoms with Crippen molar-refractivity contribution in [3.63, 3.8) is 0 Å². The fraction of sp³-hybridized carbons (Fsp3) is 0.391. The Morgan fingerprint density at radius 2 is 1.66 bits per heavy atom. The molecule has 0 spiro atoms. The molecule has 2 amide bonds. The van der Waals surface area contributed by atoms with Gasteiger partial charge in [-0.2, -0.15) is 0 Å². The SMILES string of the molecule is C[C@H](C(=O)Nc1ccccc1C(=O)NC1CCCCC1)N(c1ccc(F)cc1)S(C)(=O)=O. The van der Waals surface area contributed by atoms with E-state index in [2.05, 4.69) is 10.6 Å². The van der Waals surface area contributed by atoms with Gasteiger partial charge in [-0.15, -0.1) is 0 Å². The van der Waals surface area contributed by atoms with Crippen molar-refractivity contribution in [1.29, 1.82) is 0 Å². The molecule has 32 heavy (non-hydrogen) atoms. The molecule has 1 atom stereocenters. The largest absolute Gasteiger partial charge is 0.349 e. The summed E-state index contributed by atoms with van der Waals surface area (Å²) in [6.45, 7) is 1.43. The number of rotatable bonds is 7. The summed E-state index contributed by atoms with van der Waals surface area (Å²) in [5.41, 5.74) is 0.774. The smallest absolute Gasteiger partial charge is 0.253 e. The molecule has 9 heteroatoms. The maximum Gasteiger partial charge on any atom is 0.253 e. The molecule has 1 fully saturated rings. The van der Waals surface area contributed by atoms with E-state index in [0.29, 0.717) is 11.3 Å². The van der Waals surface area contributed by atoms with E-state index in [-0.39, 0.29) is 17.6 Å². The van der Waals surface area contributed by atoms with Crippen molar-refractivity contribution in [2.75, 3.05) is 15.9 Å². The van der Waals surface area contributed by atoms with Crippen LogP contribution in [0.2, 0.25) is 0 Å². The number of nitrogens with one attached hydrogen (secondary N) is 2. The third-order valence-corrected chi connectivity index (χ3v) is 6.78. The third kappa shape index (κ3) is 5.85. The van der Waals surface area contributed by atoms with E-state index in [1.54, 1.807) is 24.3 Å². The number of amides is 2. The van der Waals surface area contributed by atoms with Crippen molar-refractivity contribution in [1.82, 2.24) is 5.32 Å². The van der Waals surface area contributed by atoms with Crippen LogP contribution in [-0.4, -0.2) is 38.6 Å². The van der Waals surface area contributed by atoms with Gasteiger partial charge in [0.2, 0.25) is 15.9 Å².